The monoisotopic (exact) mass is 276 g/mol. The zero-order valence-corrected chi connectivity index (χ0v) is 11.7. The molecule has 0 saturated carbocycles. The van der Waals surface area contributed by atoms with E-state index in [9.17, 15) is 8.42 Å². The number of methoxy groups -OCH3 is 1. The molecule has 1 heterocycles. The molecule has 18 heavy (non-hydrogen) atoms. The molecule has 8 heteroatoms. The van der Waals surface area contributed by atoms with E-state index in [2.05, 4.69) is 15.1 Å². The van der Waals surface area contributed by atoms with Crippen molar-refractivity contribution in [2.45, 2.75) is 24.4 Å². The first-order chi connectivity index (χ1) is 8.49. The lowest BCUT2D eigenvalue weighted by Gasteiger charge is -2.10. The standard InChI is InChI=1S/C10H20N4O3S/c1-9(11-2)6-13-18(15,16)10-7-12-14(8-10)4-5-17-3/h7-9,11,13H,4-6H2,1-3H3. The maximum atomic E-state index is 11.9. The molecule has 0 amide bonds. The molecule has 104 valence electrons. The molecule has 0 spiro atoms. The van der Waals surface area contributed by atoms with Crippen LogP contribution in [-0.2, 0) is 21.3 Å². The summed E-state index contributed by atoms with van der Waals surface area (Å²) in [5.41, 5.74) is 0. The highest BCUT2D eigenvalue weighted by Crippen LogP contribution is 2.06. The van der Waals surface area contributed by atoms with Crippen molar-refractivity contribution in [1.82, 2.24) is 19.8 Å². The van der Waals surface area contributed by atoms with Gasteiger partial charge in [0, 0.05) is 25.9 Å². The van der Waals surface area contributed by atoms with Gasteiger partial charge in [0.25, 0.3) is 0 Å². The highest BCUT2D eigenvalue weighted by Gasteiger charge is 2.16. The molecule has 0 saturated heterocycles. The zero-order valence-electron chi connectivity index (χ0n) is 10.9. The van der Waals surface area contributed by atoms with E-state index in [4.69, 9.17) is 4.74 Å². The summed E-state index contributed by atoms with van der Waals surface area (Å²) >= 11 is 0. The van der Waals surface area contributed by atoms with E-state index in [1.165, 1.54) is 12.4 Å². The van der Waals surface area contributed by atoms with Gasteiger partial charge in [-0.1, -0.05) is 0 Å². The van der Waals surface area contributed by atoms with Crippen molar-refractivity contribution < 1.29 is 13.2 Å². The molecular formula is C10H20N4O3S. The van der Waals surface area contributed by atoms with Gasteiger partial charge in [0.15, 0.2) is 0 Å². The Morgan fingerprint density at radius 2 is 2.28 bits per heavy atom. The molecule has 1 aromatic rings. The SMILES string of the molecule is CNC(C)CNS(=O)(=O)c1cnn(CCOC)c1. The van der Waals surface area contributed by atoms with Crippen LogP contribution in [0, 0.1) is 0 Å². The summed E-state index contributed by atoms with van der Waals surface area (Å²) in [6, 6.07) is 0.0725. The first-order valence-electron chi connectivity index (χ1n) is 5.68. The molecule has 2 N–H and O–H groups in total. The van der Waals surface area contributed by atoms with Crippen LogP contribution in [-0.4, -0.2) is 51.5 Å². The van der Waals surface area contributed by atoms with E-state index in [-0.39, 0.29) is 10.9 Å². The number of sulfonamides is 1. The minimum atomic E-state index is -3.48. The van der Waals surface area contributed by atoms with Crippen LogP contribution in [0.1, 0.15) is 6.92 Å². The molecule has 0 fully saturated rings. The van der Waals surface area contributed by atoms with Crippen LogP contribution in [0.4, 0.5) is 0 Å². The second-order valence-corrected chi connectivity index (χ2v) is 5.74. The molecular weight excluding hydrogens is 256 g/mol. The molecule has 7 nitrogen and oxygen atoms in total. The van der Waals surface area contributed by atoms with Gasteiger partial charge in [-0.25, -0.2) is 13.1 Å². The smallest absolute Gasteiger partial charge is 0.243 e. The lowest BCUT2D eigenvalue weighted by molar-refractivity contribution is 0.183. The van der Waals surface area contributed by atoms with Crippen LogP contribution in [0.25, 0.3) is 0 Å². The zero-order chi connectivity index (χ0) is 13.6. The van der Waals surface area contributed by atoms with Gasteiger partial charge in [-0.2, -0.15) is 5.10 Å². The molecule has 0 bridgehead atoms. The molecule has 1 rings (SSSR count). The first kappa shape index (κ1) is 15.1. The Labute approximate surface area is 108 Å². The third-order valence-electron chi connectivity index (χ3n) is 2.52. The molecule has 1 unspecified atom stereocenters. The van der Waals surface area contributed by atoms with E-state index < -0.39 is 10.0 Å². The topological polar surface area (TPSA) is 85.3 Å². The quantitative estimate of drug-likeness (QED) is 0.663. The van der Waals surface area contributed by atoms with Crippen molar-refractivity contribution in [2.75, 3.05) is 27.3 Å². The van der Waals surface area contributed by atoms with E-state index >= 15 is 0 Å². The average molecular weight is 276 g/mol. The normalized spacial score (nSPS) is 13.7. The fourth-order valence-electron chi connectivity index (χ4n) is 1.21. The van der Waals surface area contributed by atoms with Crippen LogP contribution in [0.5, 0.6) is 0 Å². The summed E-state index contributed by atoms with van der Waals surface area (Å²) in [5.74, 6) is 0. The van der Waals surface area contributed by atoms with Gasteiger partial charge in [0.2, 0.25) is 10.0 Å². The number of rotatable bonds is 8. The highest BCUT2D eigenvalue weighted by molar-refractivity contribution is 7.89. The Hall–Kier alpha value is -0.960. The second kappa shape index (κ2) is 6.83. The van der Waals surface area contributed by atoms with Crippen LogP contribution in [0.15, 0.2) is 17.3 Å². The summed E-state index contributed by atoms with van der Waals surface area (Å²) in [4.78, 5) is 0.168. The largest absolute Gasteiger partial charge is 0.383 e. The Balaban J connectivity index is 2.64. The molecule has 0 aromatic carbocycles. The predicted octanol–water partition coefficient (Wildman–Crippen LogP) is -0.584. The Morgan fingerprint density at radius 3 is 2.89 bits per heavy atom. The average Bonchev–Trinajstić information content (AvgIpc) is 2.83. The minimum absolute atomic E-state index is 0.0725. The molecule has 1 atom stereocenters. The second-order valence-electron chi connectivity index (χ2n) is 3.97. The van der Waals surface area contributed by atoms with Gasteiger partial charge in [0.1, 0.15) is 4.90 Å². The van der Waals surface area contributed by atoms with E-state index in [0.717, 1.165) is 0 Å². The van der Waals surface area contributed by atoms with E-state index in [1.54, 1.807) is 18.8 Å². The van der Waals surface area contributed by atoms with Crippen molar-refractivity contribution in [3.8, 4) is 0 Å². The van der Waals surface area contributed by atoms with Crippen LogP contribution in [0.2, 0.25) is 0 Å². The summed E-state index contributed by atoms with van der Waals surface area (Å²) < 4.78 is 32.8. The van der Waals surface area contributed by atoms with Crippen molar-refractivity contribution in [1.29, 1.82) is 0 Å². The fourth-order valence-corrected chi connectivity index (χ4v) is 2.29. The maximum Gasteiger partial charge on any atom is 0.243 e. The van der Waals surface area contributed by atoms with Gasteiger partial charge in [-0.3, -0.25) is 4.68 Å². The summed E-state index contributed by atoms with van der Waals surface area (Å²) in [6.07, 6.45) is 2.83. The lowest BCUT2D eigenvalue weighted by atomic mass is 10.4. The number of aromatic nitrogens is 2. The van der Waals surface area contributed by atoms with Crippen LogP contribution < -0.4 is 10.0 Å². The number of nitrogens with one attached hydrogen (secondary N) is 2. The number of hydrogen-bond acceptors (Lipinski definition) is 5. The lowest BCUT2D eigenvalue weighted by Crippen LogP contribution is -2.37. The summed E-state index contributed by atoms with van der Waals surface area (Å²) in [6.45, 7) is 3.25. The molecule has 0 aliphatic carbocycles. The number of nitrogens with zero attached hydrogens (tertiary/aromatic N) is 2. The first-order valence-corrected chi connectivity index (χ1v) is 7.16. The number of ether oxygens (including phenoxy) is 1. The van der Waals surface area contributed by atoms with Crippen LogP contribution >= 0.6 is 0 Å². The van der Waals surface area contributed by atoms with Crippen LogP contribution in [0.3, 0.4) is 0 Å². The van der Waals surface area contributed by atoms with E-state index in [1.807, 2.05) is 6.92 Å². The Bertz CT molecular complexity index is 457. The molecule has 1 aromatic heterocycles. The van der Waals surface area contributed by atoms with Gasteiger partial charge < -0.3 is 10.1 Å². The van der Waals surface area contributed by atoms with Crippen molar-refractivity contribution in [3.63, 3.8) is 0 Å². The van der Waals surface area contributed by atoms with Crippen molar-refractivity contribution in [2.24, 2.45) is 0 Å². The third-order valence-corrected chi connectivity index (χ3v) is 3.89. The summed E-state index contributed by atoms with van der Waals surface area (Å²) in [7, 11) is -0.119. The Morgan fingerprint density at radius 1 is 1.56 bits per heavy atom. The van der Waals surface area contributed by atoms with Gasteiger partial charge in [0.05, 0.1) is 19.3 Å². The maximum absolute atomic E-state index is 11.9. The number of hydrogen-bond donors (Lipinski definition) is 2. The van der Waals surface area contributed by atoms with Crippen molar-refractivity contribution in [3.05, 3.63) is 12.4 Å². The molecule has 0 aliphatic rings. The fraction of sp³-hybridized carbons (Fsp3) is 0.700. The minimum Gasteiger partial charge on any atom is -0.383 e. The highest BCUT2D eigenvalue weighted by atomic mass is 32.2. The molecule has 0 radical (unpaired) electrons. The van der Waals surface area contributed by atoms with Gasteiger partial charge in [-0.05, 0) is 14.0 Å². The summed E-state index contributed by atoms with van der Waals surface area (Å²) in [5, 5.41) is 6.93. The predicted molar refractivity (Wildman–Crippen MR) is 67.8 cm³/mol. The van der Waals surface area contributed by atoms with Gasteiger partial charge >= 0.3 is 0 Å². The molecule has 0 aliphatic heterocycles. The Kier molecular flexibility index (Phi) is 5.73. The van der Waals surface area contributed by atoms with Crippen molar-refractivity contribution >= 4 is 10.0 Å². The van der Waals surface area contributed by atoms with Gasteiger partial charge in [-0.15, -0.1) is 0 Å². The third kappa shape index (κ3) is 4.37. The number of likely N-dealkylation sites (N-methyl/N-ethyl adjacent to an activating group) is 1. The van der Waals surface area contributed by atoms with E-state index in [0.29, 0.717) is 19.7 Å².